The normalized spacial score (nSPS) is 19.3. The number of hydrogen-bond donors (Lipinski definition) is 1. The molecular weight excluding hydrogens is 505 g/mol. The van der Waals surface area contributed by atoms with Crippen LogP contribution in [-0.2, 0) is 24.1 Å². The molecule has 3 aromatic carbocycles. The van der Waals surface area contributed by atoms with E-state index in [4.69, 9.17) is 4.74 Å². The molecule has 0 radical (unpaired) electrons. The van der Waals surface area contributed by atoms with Crippen molar-refractivity contribution in [3.05, 3.63) is 95.1 Å². The minimum absolute atomic E-state index is 0.121. The number of benzene rings is 3. The fourth-order valence-corrected chi connectivity index (χ4v) is 5.08. The van der Waals surface area contributed by atoms with E-state index in [2.05, 4.69) is 0 Å². The van der Waals surface area contributed by atoms with Crippen LogP contribution in [0.3, 0.4) is 0 Å². The van der Waals surface area contributed by atoms with Gasteiger partial charge in [0, 0.05) is 31.1 Å². The summed E-state index contributed by atoms with van der Waals surface area (Å²) in [5.41, 5.74) is 3.12. The van der Waals surface area contributed by atoms with Gasteiger partial charge in [0.05, 0.1) is 30.9 Å². The number of fused-ring (bicyclic) bond motifs is 3. The predicted octanol–water partition coefficient (Wildman–Crippen LogP) is 5.86. The topological polar surface area (TPSA) is 53.0 Å². The van der Waals surface area contributed by atoms with Crippen molar-refractivity contribution in [2.45, 2.75) is 45.3 Å². The maximum absolute atomic E-state index is 13.9. The Balaban J connectivity index is 1.64. The zero-order valence-corrected chi connectivity index (χ0v) is 22.5. The summed E-state index contributed by atoms with van der Waals surface area (Å²) < 4.78 is 46.1. The van der Waals surface area contributed by atoms with Crippen LogP contribution in [0.25, 0.3) is 11.1 Å². The van der Waals surface area contributed by atoms with Crippen molar-refractivity contribution in [3.63, 3.8) is 0 Å². The molecule has 1 N–H and O–H groups in total. The van der Waals surface area contributed by atoms with Crippen LogP contribution in [0.15, 0.2) is 72.8 Å². The zero-order valence-electron chi connectivity index (χ0n) is 22.5. The number of aliphatic hydroxyl groups is 1. The van der Waals surface area contributed by atoms with E-state index in [0.717, 1.165) is 22.8 Å². The van der Waals surface area contributed by atoms with Gasteiger partial charge >= 0.3 is 6.18 Å². The van der Waals surface area contributed by atoms with E-state index in [9.17, 15) is 23.1 Å². The van der Waals surface area contributed by atoms with Gasteiger partial charge in [-0.15, -0.1) is 0 Å². The SMILES string of the molecule is C[C@H](CO)N1C[C@H](C)[C@H](CN(C)Cc2cccc(C(F)(F)F)c2)OCc2ccccc2-c2ccccc2C1=O. The summed E-state index contributed by atoms with van der Waals surface area (Å²) in [5, 5.41) is 9.98. The lowest BCUT2D eigenvalue weighted by molar-refractivity contribution is -0.137. The molecule has 3 atom stereocenters. The lowest BCUT2D eigenvalue weighted by Crippen LogP contribution is -2.47. The highest BCUT2D eigenvalue weighted by atomic mass is 19.4. The predicted molar refractivity (Wildman–Crippen MR) is 145 cm³/mol. The molecule has 39 heavy (non-hydrogen) atoms. The molecule has 0 saturated carbocycles. The third kappa shape index (κ3) is 6.87. The Bertz CT molecular complexity index is 1280. The molecule has 208 valence electrons. The number of carbonyl (C=O) groups is 1. The number of aliphatic hydroxyl groups excluding tert-OH is 1. The van der Waals surface area contributed by atoms with Gasteiger partial charge < -0.3 is 14.7 Å². The maximum atomic E-state index is 13.9. The number of rotatable bonds is 6. The summed E-state index contributed by atoms with van der Waals surface area (Å²) in [6.45, 7) is 5.07. The smallest absolute Gasteiger partial charge is 0.394 e. The van der Waals surface area contributed by atoms with Gasteiger partial charge in [-0.25, -0.2) is 0 Å². The number of carbonyl (C=O) groups excluding carboxylic acids is 1. The van der Waals surface area contributed by atoms with E-state index in [1.54, 1.807) is 11.0 Å². The largest absolute Gasteiger partial charge is 0.416 e. The fourth-order valence-electron chi connectivity index (χ4n) is 5.08. The van der Waals surface area contributed by atoms with Crippen molar-refractivity contribution in [1.82, 2.24) is 9.80 Å². The van der Waals surface area contributed by atoms with Crippen molar-refractivity contribution >= 4 is 5.91 Å². The van der Waals surface area contributed by atoms with Gasteiger partial charge in [0.15, 0.2) is 0 Å². The molecule has 0 saturated heterocycles. The van der Waals surface area contributed by atoms with E-state index in [0.29, 0.717) is 37.4 Å². The molecule has 1 aliphatic rings. The standard InChI is InChI=1S/C31H35F3N2O3/c1-21-16-36(22(2)19-37)30(38)28-14-7-6-13-27(28)26-12-5-4-10-24(26)20-39-29(21)18-35(3)17-23-9-8-11-25(15-23)31(32,33)34/h4-15,21-22,29,37H,16-20H2,1-3H3/t21-,22+,29-/m0/s1. The van der Waals surface area contributed by atoms with E-state index >= 15 is 0 Å². The first-order valence-electron chi connectivity index (χ1n) is 13.1. The van der Waals surface area contributed by atoms with Gasteiger partial charge in [0.25, 0.3) is 5.91 Å². The van der Waals surface area contributed by atoms with E-state index in [1.807, 2.05) is 74.3 Å². The number of likely N-dealkylation sites (N-methyl/N-ethyl adjacent to an activating group) is 1. The first kappa shape index (κ1) is 28.8. The maximum Gasteiger partial charge on any atom is 0.416 e. The Morgan fingerprint density at radius 1 is 1.03 bits per heavy atom. The molecular formula is C31H35F3N2O3. The van der Waals surface area contributed by atoms with Crippen LogP contribution < -0.4 is 0 Å². The average molecular weight is 541 g/mol. The summed E-state index contributed by atoms with van der Waals surface area (Å²) in [5.74, 6) is -0.281. The van der Waals surface area contributed by atoms with Crippen LogP contribution in [-0.4, -0.2) is 59.7 Å². The Hall–Kier alpha value is -3.20. The second kappa shape index (κ2) is 12.3. The van der Waals surface area contributed by atoms with Crippen molar-refractivity contribution in [1.29, 1.82) is 0 Å². The van der Waals surface area contributed by atoms with Crippen LogP contribution in [0.5, 0.6) is 0 Å². The molecule has 4 rings (SSSR count). The molecule has 1 aliphatic heterocycles. The first-order valence-corrected chi connectivity index (χ1v) is 13.1. The highest BCUT2D eigenvalue weighted by molar-refractivity contribution is 6.01. The highest BCUT2D eigenvalue weighted by Gasteiger charge is 2.32. The second-order valence-corrected chi connectivity index (χ2v) is 10.4. The Morgan fingerprint density at radius 3 is 2.38 bits per heavy atom. The summed E-state index contributed by atoms with van der Waals surface area (Å²) in [4.78, 5) is 17.5. The Morgan fingerprint density at radius 2 is 1.69 bits per heavy atom. The first-order chi connectivity index (χ1) is 18.6. The molecule has 0 aliphatic carbocycles. The summed E-state index contributed by atoms with van der Waals surface area (Å²) in [7, 11) is 1.85. The number of nitrogens with zero attached hydrogens (tertiary/aromatic N) is 2. The Labute approximate surface area is 227 Å². The second-order valence-electron chi connectivity index (χ2n) is 10.4. The third-order valence-electron chi connectivity index (χ3n) is 7.29. The van der Waals surface area contributed by atoms with Gasteiger partial charge in [-0.2, -0.15) is 13.2 Å². The van der Waals surface area contributed by atoms with Crippen LogP contribution in [0.1, 0.15) is 40.9 Å². The van der Waals surface area contributed by atoms with Crippen LogP contribution >= 0.6 is 0 Å². The van der Waals surface area contributed by atoms with Crippen molar-refractivity contribution in [2.75, 3.05) is 26.7 Å². The fraction of sp³-hybridized carbons (Fsp3) is 0.387. The molecule has 8 heteroatoms. The monoisotopic (exact) mass is 540 g/mol. The van der Waals surface area contributed by atoms with Crippen molar-refractivity contribution in [3.8, 4) is 11.1 Å². The van der Waals surface area contributed by atoms with E-state index in [1.165, 1.54) is 12.1 Å². The van der Waals surface area contributed by atoms with Crippen LogP contribution in [0.2, 0.25) is 0 Å². The van der Waals surface area contributed by atoms with Crippen molar-refractivity contribution in [2.24, 2.45) is 5.92 Å². The number of alkyl halides is 3. The summed E-state index contributed by atoms with van der Waals surface area (Å²) >= 11 is 0. The van der Waals surface area contributed by atoms with Gasteiger partial charge in [-0.1, -0.05) is 67.6 Å². The van der Waals surface area contributed by atoms with Gasteiger partial charge in [0.1, 0.15) is 0 Å². The lowest BCUT2D eigenvalue weighted by atomic mass is 9.94. The number of ether oxygens (including phenoxy) is 1. The number of amides is 1. The van der Waals surface area contributed by atoms with Gasteiger partial charge in [0.2, 0.25) is 0 Å². The van der Waals surface area contributed by atoms with Gasteiger partial charge in [-0.3, -0.25) is 9.69 Å². The van der Waals surface area contributed by atoms with E-state index in [-0.39, 0.29) is 24.5 Å². The quantitative estimate of drug-likeness (QED) is 0.426. The molecule has 0 aromatic heterocycles. The number of hydrogen-bond acceptors (Lipinski definition) is 4. The number of halogens is 3. The molecule has 0 unspecified atom stereocenters. The molecule has 0 fully saturated rings. The molecule has 0 bridgehead atoms. The Kier molecular flexibility index (Phi) is 9.10. The van der Waals surface area contributed by atoms with E-state index < -0.39 is 17.8 Å². The summed E-state index contributed by atoms with van der Waals surface area (Å²) in [6, 6.07) is 20.2. The lowest BCUT2D eigenvalue weighted by Gasteiger charge is -2.35. The molecule has 1 heterocycles. The van der Waals surface area contributed by atoms with Crippen LogP contribution in [0.4, 0.5) is 13.2 Å². The third-order valence-corrected chi connectivity index (χ3v) is 7.29. The summed E-state index contributed by atoms with van der Waals surface area (Å²) in [6.07, 6.45) is -4.72. The molecule has 0 spiro atoms. The minimum atomic E-state index is -4.40. The minimum Gasteiger partial charge on any atom is -0.394 e. The molecule has 1 amide bonds. The van der Waals surface area contributed by atoms with Crippen LogP contribution in [0, 0.1) is 5.92 Å². The zero-order chi connectivity index (χ0) is 28.2. The average Bonchev–Trinajstić information content (AvgIpc) is 2.94. The van der Waals surface area contributed by atoms with Crippen molar-refractivity contribution < 1.29 is 27.8 Å². The highest BCUT2D eigenvalue weighted by Crippen LogP contribution is 2.32. The molecule has 5 nitrogen and oxygen atoms in total. The molecule has 3 aromatic rings. The van der Waals surface area contributed by atoms with Gasteiger partial charge in [-0.05, 0) is 48.4 Å².